The van der Waals surface area contributed by atoms with Crippen molar-refractivity contribution in [2.75, 3.05) is 7.11 Å². The average molecular weight is 279 g/mol. The predicted octanol–water partition coefficient (Wildman–Crippen LogP) is 3.63. The van der Waals surface area contributed by atoms with Gasteiger partial charge in [0.25, 0.3) is 0 Å². The minimum atomic E-state index is -0.753. The number of rotatable bonds is 3. The number of aromatic nitrogens is 1. The molecule has 1 unspecified atom stereocenters. The van der Waals surface area contributed by atoms with Crippen molar-refractivity contribution in [2.24, 2.45) is 0 Å². The van der Waals surface area contributed by atoms with E-state index in [0.717, 1.165) is 27.6 Å². The molecule has 3 aromatic rings. The molecular weight excluding hydrogens is 262 g/mol. The van der Waals surface area contributed by atoms with Gasteiger partial charge in [0.1, 0.15) is 11.9 Å². The fourth-order valence-electron chi connectivity index (χ4n) is 2.48. The van der Waals surface area contributed by atoms with Crippen LogP contribution in [0.2, 0.25) is 0 Å². The fourth-order valence-corrected chi connectivity index (χ4v) is 2.48. The summed E-state index contributed by atoms with van der Waals surface area (Å²) in [6.07, 6.45) is 0.964. The summed E-state index contributed by atoms with van der Waals surface area (Å²) in [4.78, 5) is 4.40. The Labute approximate surface area is 123 Å². The maximum Gasteiger partial charge on any atom is 0.125 e. The monoisotopic (exact) mass is 279 g/mol. The molecule has 0 aliphatic carbocycles. The number of aryl methyl sites for hydroxylation is 1. The van der Waals surface area contributed by atoms with E-state index in [-0.39, 0.29) is 0 Å². The molecule has 1 aromatic heterocycles. The Morgan fingerprint density at radius 2 is 1.90 bits per heavy atom. The summed E-state index contributed by atoms with van der Waals surface area (Å²) in [7, 11) is 1.61. The number of methoxy groups -OCH3 is 1. The Balaban J connectivity index is 2.07. The van der Waals surface area contributed by atoms with E-state index in [0.29, 0.717) is 5.75 Å². The lowest BCUT2D eigenvalue weighted by Crippen LogP contribution is -2.03. The first-order chi connectivity index (χ1) is 10.2. The number of fused-ring (bicyclic) bond motifs is 1. The van der Waals surface area contributed by atoms with Crippen molar-refractivity contribution in [3.8, 4) is 5.75 Å². The molecule has 0 saturated heterocycles. The van der Waals surface area contributed by atoms with Gasteiger partial charge in [0.05, 0.1) is 12.6 Å². The summed E-state index contributed by atoms with van der Waals surface area (Å²) in [6.45, 7) is 1.99. The van der Waals surface area contributed by atoms with Gasteiger partial charge in [-0.2, -0.15) is 0 Å². The van der Waals surface area contributed by atoms with Crippen LogP contribution < -0.4 is 4.74 Å². The summed E-state index contributed by atoms with van der Waals surface area (Å²) in [5.74, 6) is 0.682. The molecule has 3 rings (SSSR count). The van der Waals surface area contributed by atoms with Crippen molar-refractivity contribution >= 4 is 10.9 Å². The van der Waals surface area contributed by atoms with E-state index in [4.69, 9.17) is 4.74 Å². The lowest BCUT2D eigenvalue weighted by atomic mass is 9.99. The highest BCUT2D eigenvalue weighted by atomic mass is 16.5. The summed E-state index contributed by atoms with van der Waals surface area (Å²) in [5.41, 5.74) is 3.52. The van der Waals surface area contributed by atoms with Gasteiger partial charge in [-0.25, -0.2) is 0 Å². The summed E-state index contributed by atoms with van der Waals surface area (Å²) >= 11 is 0. The molecule has 0 radical (unpaired) electrons. The molecule has 3 nitrogen and oxygen atoms in total. The highest BCUT2D eigenvalue weighted by Gasteiger charge is 2.16. The Morgan fingerprint density at radius 3 is 2.71 bits per heavy atom. The number of pyridine rings is 1. The van der Waals surface area contributed by atoms with Crippen LogP contribution >= 0.6 is 0 Å². The number of aliphatic hydroxyl groups excluding tert-OH is 1. The molecule has 3 heteroatoms. The molecule has 1 atom stereocenters. The molecule has 0 fully saturated rings. The Kier molecular flexibility index (Phi) is 3.59. The molecule has 0 bridgehead atoms. The van der Waals surface area contributed by atoms with Crippen molar-refractivity contribution < 1.29 is 9.84 Å². The zero-order valence-corrected chi connectivity index (χ0v) is 12.1. The van der Waals surface area contributed by atoms with Crippen LogP contribution in [0.5, 0.6) is 5.75 Å². The summed E-state index contributed by atoms with van der Waals surface area (Å²) in [5, 5.41) is 11.7. The van der Waals surface area contributed by atoms with Gasteiger partial charge in [-0.15, -0.1) is 0 Å². The van der Waals surface area contributed by atoms with Gasteiger partial charge in [-0.3, -0.25) is 4.98 Å². The zero-order valence-electron chi connectivity index (χ0n) is 12.1. The van der Waals surface area contributed by atoms with Crippen LogP contribution in [0, 0.1) is 6.92 Å². The van der Waals surface area contributed by atoms with E-state index in [1.165, 1.54) is 0 Å². The van der Waals surface area contributed by atoms with Crippen molar-refractivity contribution in [1.29, 1.82) is 0 Å². The third-order valence-electron chi connectivity index (χ3n) is 3.61. The number of aliphatic hydroxyl groups is 1. The molecule has 2 aromatic carbocycles. The second kappa shape index (κ2) is 5.54. The molecule has 1 N–H and O–H groups in total. The SMILES string of the molecule is COc1ccc(C)cc1C(O)c1cnc2ccccc2c1. The van der Waals surface area contributed by atoms with Gasteiger partial charge < -0.3 is 9.84 Å². The first-order valence-corrected chi connectivity index (χ1v) is 6.86. The van der Waals surface area contributed by atoms with Gasteiger partial charge in [0, 0.05) is 22.7 Å². The highest BCUT2D eigenvalue weighted by Crippen LogP contribution is 2.31. The van der Waals surface area contributed by atoms with Crippen LogP contribution in [0.25, 0.3) is 10.9 Å². The van der Waals surface area contributed by atoms with Gasteiger partial charge in [-0.1, -0.05) is 29.8 Å². The number of para-hydroxylation sites is 1. The van der Waals surface area contributed by atoms with E-state index in [9.17, 15) is 5.11 Å². The lowest BCUT2D eigenvalue weighted by Gasteiger charge is -2.16. The first-order valence-electron chi connectivity index (χ1n) is 6.86. The number of hydrogen-bond donors (Lipinski definition) is 1. The maximum absolute atomic E-state index is 10.7. The molecule has 106 valence electrons. The molecule has 0 spiro atoms. The zero-order chi connectivity index (χ0) is 14.8. The molecule has 0 aliphatic rings. The van der Waals surface area contributed by atoms with Gasteiger partial charge in [0.2, 0.25) is 0 Å². The molecule has 0 amide bonds. The molecule has 0 aliphatic heterocycles. The van der Waals surface area contributed by atoms with Crippen LogP contribution in [0.4, 0.5) is 0 Å². The second-order valence-corrected chi connectivity index (χ2v) is 5.11. The highest BCUT2D eigenvalue weighted by molar-refractivity contribution is 5.79. The smallest absolute Gasteiger partial charge is 0.125 e. The van der Waals surface area contributed by atoms with E-state index in [1.807, 2.05) is 55.5 Å². The minimum absolute atomic E-state index is 0.682. The predicted molar refractivity (Wildman–Crippen MR) is 83.5 cm³/mol. The molecule has 0 saturated carbocycles. The van der Waals surface area contributed by atoms with Crippen LogP contribution in [-0.2, 0) is 0 Å². The first kappa shape index (κ1) is 13.6. The van der Waals surface area contributed by atoms with Crippen molar-refractivity contribution in [3.05, 3.63) is 71.4 Å². The van der Waals surface area contributed by atoms with E-state index in [1.54, 1.807) is 13.3 Å². The van der Waals surface area contributed by atoms with E-state index < -0.39 is 6.10 Å². The number of ether oxygens (including phenoxy) is 1. The quantitative estimate of drug-likeness (QED) is 0.796. The molecular formula is C18H17NO2. The third kappa shape index (κ3) is 2.60. The molecule has 1 heterocycles. The number of hydrogen-bond acceptors (Lipinski definition) is 3. The molecule has 21 heavy (non-hydrogen) atoms. The fraction of sp³-hybridized carbons (Fsp3) is 0.167. The van der Waals surface area contributed by atoms with Gasteiger partial charge in [-0.05, 0) is 31.2 Å². The van der Waals surface area contributed by atoms with E-state index >= 15 is 0 Å². The topological polar surface area (TPSA) is 42.4 Å². The van der Waals surface area contributed by atoms with Crippen molar-refractivity contribution in [1.82, 2.24) is 4.98 Å². The van der Waals surface area contributed by atoms with Crippen LogP contribution in [-0.4, -0.2) is 17.2 Å². The Hall–Kier alpha value is -2.39. The van der Waals surface area contributed by atoms with Gasteiger partial charge >= 0.3 is 0 Å². The Morgan fingerprint density at radius 1 is 1.10 bits per heavy atom. The van der Waals surface area contributed by atoms with Crippen LogP contribution in [0.3, 0.4) is 0 Å². The van der Waals surface area contributed by atoms with Gasteiger partial charge in [0.15, 0.2) is 0 Å². The normalized spacial score (nSPS) is 12.3. The van der Waals surface area contributed by atoms with Crippen LogP contribution in [0.15, 0.2) is 54.7 Å². The number of benzene rings is 2. The largest absolute Gasteiger partial charge is 0.496 e. The third-order valence-corrected chi connectivity index (χ3v) is 3.61. The summed E-state index contributed by atoms with van der Waals surface area (Å²) < 4.78 is 5.35. The van der Waals surface area contributed by atoms with Crippen molar-refractivity contribution in [2.45, 2.75) is 13.0 Å². The lowest BCUT2D eigenvalue weighted by molar-refractivity contribution is 0.214. The standard InChI is InChI=1S/C18H17NO2/c1-12-7-8-17(21-2)15(9-12)18(20)14-10-13-5-3-4-6-16(13)19-11-14/h3-11,18,20H,1-2H3. The van der Waals surface area contributed by atoms with Crippen LogP contribution in [0.1, 0.15) is 22.8 Å². The maximum atomic E-state index is 10.7. The average Bonchev–Trinajstić information content (AvgIpc) is 2.53. The summed E-state index contributed by atoms with van der Waals surface area (Å²) in [6, 6.07) is 15.6. The number of nitrogens with zero attached hydrogens (tertiary/aromatic N) is 1. The van der Waals surface area contributed by atoms with E-state index in [2.05, 4.69) is 4.98 Å². The Bertz CT molecular complexity index is 783. The second-order valence-electron chi connectivity index (χ2n) is 5.11. The van der Waals surface area contributed by atoms with Crippen molar-refractivity contribution in [3.63, 3.8) is 0 Å². The minimum Gasteiger partial charge on any atom is -0.496 e.